The van der Waals surface area contributed by atoms with Crippen molar-refractivity contribution in [2.24, 2.45) is 0 Å². The molecule has 0 saturated heterocycles. The number of hydrogen-bond acceptors (Lipinski definition) is 2. The number of benzene rings is 3. The Morgan fingerprint density at radius 3 is 1.76 bits per heavy atom. The summed E-state index contributed by atoms with van der Waals surface area (Å²) in [7, 11) is 0. The second-order valence-electron chi connectivity index (χ2n) is 6.05. The number of rotatable bonds is 4. The largest absolute Gasteiger partial charge is 0.504 e. The molecule has 0 aromatic heterocycles. The van der Waals surface area contributed by atoms with E-state index in [1.54, 1.807) is 0 Å². The van der Waals surface area contributed by atoms with Crippen molar-refractivity contribution in [2.75, 3.05) is 0 Å². The maximum atomic E-state index is 10.3. The molecule has 0 atom stereocenters. The normalized spacial score (nSPS) is 12.4. The molecule has 122 valence electrons. The molecule has 0 fully saturated rings. The lowest BCUT2D eigenvalue weighted by atomic mass is 9.98. The average molecular weight is 326 g/mol. The molecule has 1 aliphatic heterocycles. The Balaban J connectivity index is 1.76. The first-order valence-electron chi connectivity index (χ1n) is 8.27. The summed E-state index contributed by atoms with van der Waals surface area (Å²) in [5, 5.41) is 10.3. The molecule has 4 rings (SSSR count). The van der Waals surface area contributed by atoms with Crippen LogP contribution in [0.5, 0.6) is 17.2 Å². The summed E-state index contributed by atoms with van der Waals surface area (Å²) in [4.78, 5) is 0. The lowest BCUT2D eigenvalue weighted by molar-refractivity contribution is 0.460. The Bertz CT molecular complexity index is 968. The molecular formula is C23H18O2. The molecule has 0 aliphatic carbocycles. The van der Waals surface area contributed by atoms with Crippen molar-refractivity contribution in [2.45, 2.75) is 6.92 Å². The highest BCUT2D eigenvalue weighted by Gasteiger charge is 2.32. The molecule has 0 spiro atoms. The molecule has 0 radical (unpaired) electrons. The highest BCUT2D eigenvalue weighted by atomic mass is 16.6. The zero-order valence-electron chi connectivity index (χ0n) is 13.9. The number of hydrogen-bond donors (Lipinski definition) is 1. The van der Waals surface area contributed by atoms with Gasteiger partial charge in [0.05, 0.1) is 0 Å². The van der Waals surface area contributed by atoms with Crippen molar-refractivity contribution < 1.29 is 9.84 Å². The van der Waals surface area contributed by atoms with Crippen LogP contribution in [0, 0.1) is 6.92 Å². The molecule has 2 nitrogen and oxygen atoms in total. The summed E-state index contributed by atoms with van der Waals surface area (Å²) in [5.74, 6) is 1.60. The van der Waals surface area contributed by atoms with Crippen LogP contribution in [-0.4, -0.2) is 5.11 Å². The molecule has 0 bridgehead atoms. The SMILES string of the molecule is Cc1c(O)c2c(c(/C=C/c3ccccc3)c1/C=C/c1ccccc1)O2. The number of phenolic OH excluding ortho intramolecular Hbond substituents is 1. The van der Waals surface area contributed by atoms with E-state index in [0.717, 1.165) is 33.6 Å². The molecule has 0 amide bonds. The van der Waals surface area contributed by atoms with Crippen LogP contribution in [0.2, 0.25) is 0 Å². The van der Waals surface area contributed by atoms with Gasteiger partial charge in [-0.1, -0.05) is 78.9 Å². The first-order valence-corrected chi connectivity index (χ1v) is 8.27. The van der Waals surface area contributed by atoms with Crippen LogP contribution in [0.15, 0.2) is 60.7 Å². The van der Waals surface area contributed by atoms with E-state index in [9.17, 15) is 5.11 Å². The molecule has 3 aromatic rings. The van der Waals surface area contributed by atoms with Crippen LogP contribution in [0.4, 0.5) is 0 Å². The van der Waals surface area contributed by atoms with Gasteiger partial charge in [-0.2, -0.15) is 0 Å². The van der Waals surface area contributed by atoms with E-state index in [0.29, 0.717) is 5.75 Å². The maximum Gasteiger partial charge on any atom is 0.212 e. The molecule has 1 heterocycles. The zero-order chi connectivity index (χ0) is 17.2. The Morgan fingerprint density at radius 1 is 0.680 bits per heavy atom. The standard InChI is InChI=1S/C23H18O2/c1-16-19(14-12-17-8-4-2-5-9-17)20(22-23(25-22)21(16)24)15-13-18-10-6-3-7-11-18/h2-15,24H,1H3/b14-12+,15-13+. The molecule has 0 unspecified atom stereocenters. The Labute approximate surface area is 147 Å². The fraction of sp³-hybridized carbons (Fsp3) is 0.0435. The van der Waals surface area contributed by atoms with Crippen molar-refractivity contribution in [3.8, 4) is 17.2 Å². The van der Waals surface area contributed by atoms with Gasteiger partial charge in [0.25, 0.3) is 0 Å². The molecule has 2 heteroatoms. The smallest absolute Gasteiger partial charge is 0.212 e. The quantitative estimate of drug-likeness (QED) is 0.360. The van der Waals surface area contributed by atoms with E-state index in [1.807, 2.05) is 49.4 Å². The van der Waals surface area contributed by atoms with E-state index < -0.39 is 0 Å². The summed E-state index contributed by atoms with van der Waals surface area (Å²) < 4.78 is 5.53. The van der Waals surface area contributed by atoms with Crippen LogP contribution < -0.4 is 4.74 Å². The number of fused-ring (bicyclic) bond motifs is 1. The number of phenols is 1. The zero-order valence-corrected chi connectivity index (χ0v) is 13.9. The third-order valence-electron chi connectivity index (χ3n) is 4.36. The Morgan fingerprint density at radius 2 is 1.20 bits per heavy atom. The third-order valence-corrected chi connectivity index (χ3v) is 4.36. The summed E-state index contributed by atoms with van der Waals surface area (Å²) >= 11 is 0. The topological polar surface area (TPSA) is 32.8 Å². The van der Waals surface area contributed by atoms with Gasteiger partial charge in [0.15, 0.2) is 11.5 Å². The monoisotopic (exact) mass is 326 g/mol. The first kappa shape index (κ1) is 15.3. The summed E-state index contributed by atoms with van der Waals surface area (Å²) in [5.41, 5.74) is 5.05. The van der Waals surface area contributed by atoms with Crippen molar-refractivity contribution in [1.29, 1.82) is 0 Å². The summed E-state index contributed by atoms with van der Waals surface area (Å²) in [6.45, 7) is 1.92. The highest BCUT2D eigenvalue weighted by molar-refractivity contribution is 5.90. The fourth-order valence-corrected chi connectivity index (χ4v) is 2.90. The molecule has 1 N–H and O–H groups in total. The van der Waals surface area contributed by atoms with Crippen molar-refractivity contribution in [1.82, 2.24) is 0 Å². The van der Waals surface area contributed by atoms with E-state index >= 15 is 0 Å². The lowest BCUT2D eigenvalue weighted by Gasteiger charge is -2.05. The lowest BCUT2D eigenvalue weighted by Crippen LogP contribution is -1.84. The van der Waals surface area contributed by atoms with E-state index in [2.05, 4.69) is 42.5 Å². The predicted molar refractivity (Wildman–Crippen MR) is 104 cm³/mol. The van der Waals surface area contributed by atoms with Gasteiger partial charge in [-0.05, 0) is 29.7 Å². The second-order valence-corrected chi connectivity index (χ2v) is 6.05. The van der Waals surface area contributed by atoms with E-state index in [4.69, 9.17) is 4.74 Å². The molecular weight excluding hydrogens is 308 g/mol. The van der Waals surface area contributed by atoms with Crippen LogP contribution in [0.1, 0.15) is 27.8 Å². The number of ether oxygens (including phenoxy) is 1. The predicted octanol–water partition coefficient (Wildman–Crippen LogP) is 6.15. The van der Waals surface area contributed by atoms with Gasteiger partial charge >= 0.3 is 0 Å². The van der Waals surface area contributed by atoms with Crippen LogP contribution >= 0.6 is 0 Å². The van der Waals surface area contributed by atoms with Gasteiger partial charge in [-0.25, -0.2) is 0 Å². The molecule has 0 saturated carbocycles. The second kappa shape index (κ2) is 6.33. The van der Waals surface area contributed by atoms with Crippen molar-refractivity contribution in [3.05, 3.63) is 88.5 Å². The van der Waals surface area contributed by atoms with Crippen LogP contribution in [0.25, 0.3) is 24.3 Å². The summed E-state index contributed by atoms with van der Waals surface area (Å²) in [6, 6.07) is 20.3. The number of aromatic hydroxyl groups is 1. The highest BCUT2D eigenvalue weighted by Crippen LogP contribution is 2.58. The average Bonchev–Trinajstić information content (AvgIpc) is 3.45. The molecule has 1 aliphatic rings. The molecule has 25 heavy (non-hydrogen) atoms. The van der Waals surface area contributed by atoms with Crippen LogP contribution in [0.3, 0.4) is 0 Å². The first-order chi connectivity index (χ1) is 12.2. The van der Waals surface area contributed by atoms with Gasteiger partial charge < -0.3 is 9.84 Å². The van der Waals surface area contributed by atoms with Gasteiger partial charge in [-0.3, -0.25) is 0 Å². The van der Waals surface area contributed by atoms with E-state index in [1.165, 1.54) is 0 Å². The van der Waals surface area contributed by atoms with Gasteiger partial charge in [0.2, 0.25) is 5.75 Å². The minimum Gasteiger partial charge on any atom is -0.504 e. The Kier molecular flexibility index (Phi) is 3.87. The van der Waals surface area contributed by atoms with Gasteiger partial charge in [0, 0.05) is 11.1 Å². The fourth-order valence-electron chi connectivity index (χ4n) is 2.90. The van der Waals surface area contributed by atoms with Crippen LogP contribution in [-0.2, 0) is 0 Å². The van der Waals surface area contributed by atoms with Crippen molar-refractivity contribution in [3.63, 3.8) is 0 Å². The minimum atomic E-state index is 0.236. The maximum absolute atomic E-state index is 10.3. The summed E-state index contributed by atoms with van der Waals surface area (Å²) in [6.07, 6.45) is 8.21. The van der Waals surface area contributed by atoms with E-state index in [-0.39, 0.29) is 5.75 Å². The third kappa shape index (κ3) is 3.07. The molecule has 3 aromatic carbocycles. The van der Waals surface area contributed by atoms with Crippen molar-refractivity contribution >= 4 is 24.3 Å². The van der Waals surface area contributed by atoms with Gasteiger partial charge in [0.1, 0.15) is 0 Å². The minimum absolute atomic E-state index is 0.236. The Hall–Kier alpha value is -3.26. The van der Waals surface area contributed by atoms with Gasteiger partial charge in [-0.15, -0.1) is 0 Å².